The van der Waals surface area contributed by atoms with Crippen LogP contribution in [0, 0.1) is 0 Å². The number of benzene rings is 1. The van der Waals surface area contributed by atoms with Crippen molar-refractivity contribution in [2.24, 2.45) is 0 Å². The van der Waals surface area contributed by atoms with Crippen LogP contribution in [0.25, 0.3) is 10.9 Å². The fourth-order valence-corrected chi connectivity index (χ4v) is 1.85. The molecule has 1 atom stereocenters. The van der Waals surface area contributed by atoms with E-state index < -0.39 is 0 Å². The number of esters is 1. The number of hydrogen-bond donors (Lipinski definition) is 1. The molecule has 0 radical (unpaired) electrons. The quantitative estimate of drug-likeness (QED) is 0.651. The maximum absolute atomic E-state index is 10.9. The number of nitrogens with zero attached hydrogens (tertiary/aromatic N) is 1. The van der Waals surface area contributed by atoms with Gasteiger partial charge in [-0.15, -0.1) is 0 Å². The Morgan fingerprint density at radius 1 is 1.58 bits per heavy atom. The molecule has 0 aliphatic carbocycles. The topological polar surface area (TPSA) is 76.7 Å². The first kappa shape index (κ1) is 12.0. The number of H-pyrrole nitrogens is 1. The minimum absolute atomic E-state index is 0.159. The zero-order valence-electron chi connectivity index (χ0n) is 10.5. The molecule has 2 aromatic rings. The monoisotopic (exact) mass is 262 g/mol. The van der Waals surface area contributed by atoms with Crippen molar-refractivity contribution in [2.45, 2.75) is 19.6 Å². The van der Waals surface area contributed by atoms with E-state index in [0.29, 0.717) is 6.61 Å². The Morgan fingerprint density at radius 2 is 2.42 bits per heavy atom. The van der Waals surface area contributed by atoms with E-state index in [1.54, 1.807) is 0 Å². The number of epoxide rings is 1. The lowest BCUT2D eigenvalue weighted by Crippen LogP contribution is -2.05. The highest BCUT2D eigenvalue weighted by molar-refractivity contribution is 5.87. The molecular formula is C13H14N2O4. The summed E-state index contributed by atoms with van der Waals surface area (Å²) in [5.41, 5.74) is 1.52. The molecule has 0 bridgehead atoms. The molecule has 1 fully saturated rings. The van der Waals surface area contributed by atoms with Crippen LogP contribution in [0.15, 0.2) is 18.2 Å². The maximum atomic E-state index is 10.9. The Kier molecular flexibility index (Phi) is 3.08. The summed E-state index contributed by atoms with van der Waals surface area (Å²) in [6.45, 7) is 2.81. The van der Waals surface area contributed by atoms with Gasteiger partial charge in [-0.3, -0.25) is 9.89 Å². The molecule has 1 unspecified atom stereocenters. The van der Waals surface area contributed by atoms with Gasteiger partial charge in [0.1, 0.15) is 25.1 Å². The van der Waals surface area contributed by atoms with Gasteiger partial charge in [0.25, 0.3) is 0 Å². The second kappa shape index (κ2) is 4.89. The van der Waals surface area contributed by atoms with Crippen molar-refractivity contribution < 1.29 is 19.0 Å². The van der Waals surface area contributed by atoms with E-state index in [4.69, 9.17) is 14.2 Å². The fourth-order valence-electron chi connectivity index (χ4n) is 1.85. The predicted molar refractivity (Wildman–Crippen MR) is 66.8 cm³/mol. The Morgan fingerprint density at radius 3 is 3.16 bits per heavy atom. The number of fused-ring (bicyclic) bond motifs is 1. The second-order valence-electron chi connectivity index (χ2n) is 4.40. The van der Waals surface area contributed by atoms with Crippen LogP contribution < -0.4 is 4.74 Å². The van der Waals surface area contributed by atoms with Crippen molar-refractivity contribution in [2.75, 3.05) is 13.2 Å². The lowest BCUT2D eigenvalue weighted by molar-refractivity contribution is -0.142. The van der Waals surface area contributed by atoms with E-state index in [9.17, 15) is 4.79 Å². The molecule has 0 spiro atoms. The number of ether oxygens (including phenoxy) is 3. The third-order valence-corrected chi connectivity index (χ3v) is 2.86. The molecule has 6 nitrogen and oxygen atoms in total. The van der Waals surface area contributed by atoms with Crippen LogP contribution in [0.5, 0.6) is 5.75 Å². The third-order valence-electron chi connectivity index (χ3n) is 2.86. The standard InChI is InChI=1S/C13H14N2O4/c1-8(16)17-7-11-13-10(14-15-11)3-2-4-12(13)19-6-9-5-18-9/h2-4,9H,5-7H2,1H3,(H,14,15). The van der Waals surface area contributed by atoms with E-state index in [1.165, 1.54) is 6.92 Å². The summed E-state index contributed by atoms with van der Waals surface area (Å²) < 4.78 is 15.8. The van der Waals surface area contributed by atoms with Gasteiger partial charge < -0.3 is 14.2 Å². The highest BCUT2D eigenvalue weighted by Gasteiger charge is 2.24. The Bertz CT molecular complexity index is 604. The van der Waals surface area contributed by atoms with E-state index in [0.717, 1.165) is 29.0 Å². The predicted octanol–water partition coefficient (Wildman–Crippen LogP) is 1.40. The minimum Gasteiger partial charge on any atom is -0.490 e. The van der Waals surface area contributed by atoms with Gasteiger partial charge in [-0.05, 0) is 12.1 Å². The number of hydrogen-bond acceptors (Lipinski definition) is 5. The first-order valence-corrected chi connectivity index (χ1v) is 6.08. The van der Waals surface area contributed by atoms with Crippen LogP contribution >= 0.6 is 0 Å². The molecule has 1 aromatic carbocycles. The molecule has 2 heterocycles. The van der Waals surface area contributed by atoms with E-state index in [2.05, 4.69) is 10.2 Å². The molecule has 0 saturated carbocycles. The highest BCUT2D eigenvalue weighted by atomic mass is 16.6. The summed E-state index contributed by atoms with van der Waals surface area (Å²) in [7, 11) is 0. The summed E-state index contributed by atoms with van der Waals surface area (Å²) in [5.74, 6) is 0.399. The average Bonchev–Trinajstić information content (AvgIpc) is 3.13. The zero-order valence-corrected chi connectivity index (χ0v) is 10.5. The lowest BCUT2D eigenvalue weighted by Gasteiger charge is -2.07. The molecule has 1 aromatic heterocycles. The number of carbonyl (C=O) groups is 1. The molecule has 19 heavy (non-hydrogen) atoms. The van der Waals surface area contributed by atoms with Crippen LogP contribution in [0.3, 0.4) is 0 Å². The van der Waals surface area contributed by atoms with E-state index >= 15 is 0 Å². The van der Waals surface area contributed by atoms with E-state index in [-0.39, 0.29) is 18.7 Å². The van der Waals surface area contributed by atoms with Crippen LogP contribution in [-0.4, -0.2) is 35.5 Å². The van der Waals surface area contributed by atoms with Gasteiger partial charge in [0.05, 0.1) is 23.2 Å². The average molecular weight is 262 g/mol. The smallest absolute Gasteiger partial charge is 0.303 e. The summed E-state index contributed by atoms with van der Waals surface area (Å²) >= 11 is 0. The van der Waals surface area contributed by atoms with Gasteiger partial charge >= 0.3 is 5.97 Å². The molecule has 1 aliphatic rings. The molecule has 1 aliphatic heterocycles. The zero-order chi connectivity index (χ0) is 13.2. The molecule has 0 amide bonds. The summed E-state index contributed by atoms with van der Waals surface area (Å²) in [6.07, 6.45) is 0.194. The molecule has 6 heteroatoms. The third kappa shape index (κ3) is 2.68. The van der Waals surface area contributed by atoms with Crippen molar-refractivity contribution in [1.29, 1.82) is 0 Å². The van der Waals surface area contributed by atoms with Gasteiger partial charge in [-0.25, -0.2) is 0 Å². The van der Waals surface area contributed by atoms with Gasteiger partial charge in [0.15, 0.2) is 0 Å². The van der Waals surface area contributed by atoms with Crippen molar-refractivity contribution in [3.8, 4) is 5.75 Å². The van der Waals surface area contributed by atoms with Crippen LogP contribution in [0.2, 0.25) is 0 Å². The number of aromatic amines is 1. The lowest BCUT2D eigenvalue weighted by atomic mass is 10.2. The Hall–Kier alpha value is -2.08. The number of rotatable bonds is 5. The van der Waals surface area contributed by atoms with Crippen molar-refractivity contribution >= 4 is 16.9 Å². The number of nitrogens with one attached hydrogen (secondary N) is 1. The molecule has 1 N–H and O–H groups in total. The number of carbonyl (C=O) groups excluding carboxylic acids is 1. The van der Waals surface area contributed by atoms with Gasteiger partial charge in [-0.2, -0.15) is 5.10 Å². The largest absolute Gasteiger partial charge is 0.490 e. The SMILES string of the molecule is CC(=O)OCc1[nH]nc2cccc(OCC3CO3)c12. The molecular weight excluding hydrogens is 248 g/mol. The van der Waals surface area contributed by atoms with Crippen LogP contribution in [-0.2, 0) is 20.9 Å². The maximum Gasteiger partial charge on any atom is 0.303 e. The fraction of sp³-hybridized carbons (Fsp3) is 0.385. The van der Waals surface area contributed by atoms with Crippen molar-refractivity contribution in [1.82, 2.24) is 10.2 Å². The van der Waals surface area contributed by atoms with Gasteiger partial charge in [0, 0.05) is 6.92 Å². The Labute approximate surface area is 109 Å². The second-order valence-corrected chi connectivity index (χ2v) is 4.40. The minimum atomic E-state index is -0.326. The van der Waals surface area contributed by atoms with Gasteiger partial charge in [-0.1, -0.05) is 6.07 Å². The first-order valence-electron chi connectivity index (χ1n) is 6.08. The normalized spacial score (nSPS) is 17.4. The van der Waals surface area contributed by atoms with Crippen molar-refractivity contribution in [3.63, 3.8) is 0 Å². The molecule has 3 rings (SSSR count). The van der Waals surface area contributed by atoms with Crippen LogP contribution in [0.4, 0.5) is 0 Å². The number of aromatic nitrogens is 2. The summed E-state index contributed by atoms with van der Waals surface area (Å²) in [5, 5.41) is 7.90. The molecule has 1 saturated heterocycles. The Balaban J connectivity index is 1.86. The summed E-state index contributed by atoms with van der Waals surface area (Å²) in [4.78, 5) is 10.9. The summed E-state index contributed by atoms with van der Waals surface area (Å²) in [6, 6.07) is 5.63. The molecule has 100 valence electrons. The van der Waals surface area contributed by atoms with Crippen LogP contribution in [0.1, 0.15) is 12.6 Å². The first-order chi connectivity index (χ1) is 9.24. The van der Waals surface area contributed by atoms with Crippen molar-refractivity contribution in [3.05, 3.63) is 23.9 Å². The highest BCUT2D eigenvalue weighted by Crippen LogP contribution is 2.28. The van der Waals surface area contributed by atoms with Gasteiger partial charge in [0.2, 0.25) is 0 Å². The van der Waals surface area contributed by atoms with E-state index in [1.807, 2.05) is 18.2 Å².